The van der Waals surface area contributed by atoms with Crippen molar-refractivity contribution in [3.8, 4) is 0 Å². The van der Waals surface area contributed by atoms with Crippen LogP contribution in [0.15, 0.2) is 30.5 Å². The average Bonchev–Trinajstić information content (AvgIpc) is 2.99. The Kier molecular flexibility index (Phi) is 5.08. The lowest BCUT2D eigenvalue weighted by Crippen LogP contribution is -2.28. The van der Waals surface area contributed by atoms with Gasteiger partial charge in [0.05, 0.1) is 26.0 Å². The minimum absolute atomic E-state index is 0.0302. The van der Waals surface area contributed by atoms with Gasteiger partial charge in [-0.25, -0.2) is 0 Å². The first-order chi connectivity index (χ1) is 11.3. The van der Waals surface area contributed by atoms with Gasteiger partial charge in [0.25, 0.3) is 5.91 Å². The molecule has 2 aromatic rings. The first-order valence-corrected chi connectivity index (χ1v) is 8.26. The molecular formula is C18H23N3O2. The molecule has 0 atom stereocenters. The van der Waals surface area contributed by atoms with Crippen LogP contribution < -0.4 is 5.32 Å². The summed E-state index contributed by atoms with van der Waals surface area (Å²) in [6, 6.07) is 7.85. The number of benzene rings is 1. The summed E-state index contributed by atoms with van der Waals surface area (Å²) >= 11 is 0. The third kappa shape index (κ3) is 3.79. The largest absolute Gasteiger partial charge is 0.376 e. The first kappa shape index (κ1) is 15.7. The summed E-state index contributed by atoms with van der Waals surface area (Å²) in [6.07, 6.45) is 4.92. The van der Waals surface area contributed by atoms with E-state index >= 15 is 0 Å². The Morgan fingerprint density at radius 1 is 1.35 bits per heavy atom. The van der Waals surface area contributed by atoms with Gasteiger partial charge in [0, 0.05) is 29.8 Å². The third-order valence-electron chi connectivity index (χ3n) is 4.14. The number of ether oxygens (including phenoxy) is 1. The second kappa shape index (κ2) is 7.42. The van der Waals surface area contributed by atoms with E-state index in [0.717, 1.165) is 31.4 Å². The van der Waals surface area contributed by atoms with Crippen molar-refractivity contribution in [1.82, 2.24) is 15.1 Å². The van der Waals surface area contributed by atoms with Crippen LogP contribution in [0.1, 0.15) is 40.5 Å². The summed E-state index contributed by atoms with van der Waals surface area (Å²) < 4.78 is 7.39. The fourth-order valence-corrected chi connectivity index (χ4v) is 2.89. The second-order valence-electron chi connectivity index (χ2n) is 5.85. The number of carbonyl (C=O) groups is 1. The van der Waals surface area contributed by atoms with E-state index in [4.69, 9.17) is 4.74 Å². The topological polar surface area (TPSA) is 56.2 Å². The molecular weight excluding hydrogens is 290 g/mol. The van der Waals surface area contributed by atoms with Crippen molar-refractivity contribution in [3.63, 3.8) is 0 Å². The highest BCUT2D eigenvalue weighted by Gasteiger charge is 2.15. The van der Waals surface area contributed by atoms with Crippen LogP contribution in [0.3, 0.4) is 0 Å². The molecule has 122 valence electrons. The third-order valence-corrected chi connectivity index (χ3v) is 4.14. The molecule has 3 rings (SSSR count). The van der Waals surface area contributed by atoms with Gasteiger partial charge < -0.3 is 10.1 Å². The number of hydrogen-bond acceptors (Lipinski definition) is 3. The fraction of sp³-hybridized carbons (Fsp3) is 0.444. The van der Waals surface area contributed by atoms with Crippen molar-refractivity contribution >= 4 is 5.91 Å². The molecule has 1 amide bonds. The summed E-state index contributed by atoms with van der Waals surface area (Å²) in [5, 5.41) is 7.35. The normalized spacial score (nSPS) is 13.6. The molecule has 0 saturated carbocycles. The second-order valence-corrected chi connectivity index (χ2v) is 5.85. The zero-order valence-corrected chi connectivity index (χ0v) is 13.5. The first-order valence-electron chi connectivity index (χ1n) is 8.26. The monoisotopic (exact) mass is 313 g/mol. The van der Waals surface area contributed by atoms with Gasteiger partial charge >= 0.3 is 0 Å². The van der Waals surface area contributed by atoms with Crippen LogP contribution in [0.25, 0.3) is 0 Å². The summed E-state index contributed by atoms with van der Waals surface area (Å²) in [5.41, 5.74) is 4.37. The molecule has 5 heteroatoms. The van der Waals surface area contributed by atoms with Crippen molar-refractivity contribution in [3.05, 3.63) is 52.8 Å². The molecule has 23 heavy (non-hydrogen) atoms. The maximum atomic E-state index is 12.2. The molecule has 1 aromatic heterocycles. The quantitative estimate of drug-likeness (QED) is 0.890. The van der Waals surface area contributed by atoms with Crippen LogP contribution >= 0.6 is 0 Å². The fourth-order valence-electron chi connectivity index (χ4n) is 2.89. The Morgan fingerprint density at radius 2 is 2.17 bits per heavy atom. The lowest BCUT2D eigenvalue weighted by molar-refractivity contribution is 0.0950. The zero-order valence-electron chi connectivity index (χ0n) is 13.5. The standard InChI is InChI=1S/C18H23N3O2/c1-2-3-14-4-6-15(7-5-14)18(22)19-9-10-21-17-8-11-23-13-16(17)12-20-21/h4-7,12H,2-3,8-11,13H2,1H3,(H,19,22). The predicted molar refractivity (Wildman–Crippen MR) is 88.4 cm³/mol. The maximum Gasteiger partial charge on any atom is 0.251 e. The number of nitrogens with one attached hydrogen (secondary N) is 1. The minimum atomic E-state index is -0.0302. The van der Waals surface area contributed by atoms with E-state index in [1.807, 2.05) is 35.1 Å². The van der Waals surface area contributed by atoms with E-state index in [9.17, 15) is 4.79 Å². The van der Waals surface area contributed by atoms with Crippen LogP contribution in [0.4, 0.5) is 0 Å². The molecule has 0 radical (unpaired) electrons. The van der Waals surface area contributed by atoms with Gasteiger partial charge in [-0.2, -0.15) is 5.10 Å². The van der Waals surface area contributed by atoms with E-state index in [1.54, 1.807) is 0 Å². The van der Waals surface area contributed by atoms with Gasteiger partial charge in [-0.1, -0.05) is 25.5 Å². The number of amides is 1. The molecule has 1 aliphatic rings. The van der Waals surface area contributed by atoms with E-state index in [-0.39, 0.29) is 5.91 Å². The highest BCUT2D eigenvalue weighted by atomic mass is 16.5. The summed E-state index contributed by atoms with van der Waals surface area (Å²) in [4.78, 5) is 12.2. The lowest BCUT2D eigenvalue weighted by Gasteiger charge is -2.14. The molecule has 0 spiro atoms. The Labute approximate surface area is 136 Å². The molecule has 0 aliphatic carbocycles. The van der Waals surface area contributed by atoms with Gasteiger partial charge in [0.1, 0.15) is 0 Å². The van der Waals surface area contributed by atoms with Crippen molar-refractivity contribution in [2.24, 2.45) is 0 Å². The van der Waals surface area contributed by atoms with Gasteiger partial charge in [-0.3, -0.25) is 9.48 Å². The SMILES string of the molecule is CCCc1ccc(C(=O)NCCn2ncc3c2CCOC3)cc1. The number of rotatable bonds is 6. The van der Waals surface area contributed by atoms with Crippen LogP contribution in [-0.2, 0) is 30.7 Å². The summed E-state index contributed by atoms with van der Waals surface area (Å²) in [6.45, 7) is 4.81. The van der Waals surface area contributed by atoms with Crippen LogP contribution in [-0.4, -0.2) is 28.8 Å². The van der Waals surface area contributed by atoms with Crippen molar-refractivity contribution in [2.75, 3.05) is 13.2 Å². The Balaban J connectivity index is 1.52. The molecule has 1 aliphatic heterocycles. The molecule has 0 fully saturated rings. The van der Waals surface area contributed by atoms with E-state index < -0.39 is 0 Å². The number of aryl methyl sites for hydroxylation is 1. The Morgan fingerprint density at radius 3 is 2.96 bits per heavy atom. The highest BCUT2D eigenvalue weighted by Crippen LogP contribution is 2.15. The molecule has 0 saturated heterocycles. The molecule has 2 heterocycles. The van der Waals surface area contributed by atoms with E-state index in [2.05, 4.69) is 17.3 Å². The zero-order chi connectivity index (χ0) is 16.1. The summed E-state index contributed by atoms with van der Waals surface area (Å²) in [7, 11) is 0. The molecule has 5 nitrogen and oxygen atoms in total. The van der Waals surface area contributed by atoms with Gasteiger partial charge in [-0.05, 0) is 24.1 Å². The minimum Gasteiger partial charge on any atom is -0.376 e. The van der Waals surface area contributed by atoms with Gasteiger partial charge in [-0.15, -0.1) is 0 Å². The molecule has 1 N–H and O–H groups in total. The van der Waals surface area contributed by atoms with E-state index in [0.29, 0.717) is 25.3 Å². The smallest absolute Gasteiger partial charge is 0.251 e. The lowest BCUT2D eigenvalue weighted by atomic mass is 10.1. The highest BCUT2D eigenvalue weighted by molar-refractivity contribution is 5.94. The average molecular weight is 313 g/mol. The predicted octanol–water partition coefficient (Wildman–Crippen LogP) is 2.34. The number of aromatic nitrogens is 2. The number of carbonyl (C=O) groups excluding carboxylic acids is 1. The van der Waals surface area contributed by atoms with Gasteiger partial charge in [0.15, 0.2) is 0 Å². The number of fused-ring (bicyclic) bond motifs is 1. The Hall–Kier alpha value is -2.14. The number of nitrogens with zero attached hydrogens (tertiary/aromatic N) is 2. The Bertz CT molecular complexity index is 661. The van der Waals surface area contributed by atoms with Crippen molar-refractivity contribution < 1.29 is 9.53 Å². The molecule has 1 aromatic carbocycles. The summed E-state index contributed by atoms with van der Waals surface area (Å²) in [5.74, 6) is -0.0302. The molecule has 0 unspecified atom stereocenters. The van der Waals surface area contributed by atoms with Crippen molar-refractivity contribution in [2.45, 2.75) is 39.3 Å². The van der Waals surface area contributed by atoms with Crippen LogP contribution in [0, 0.1) is 0 Å². The van der Waals surface area contributed by atoms with Crippen LogP contribution in [0.5, 0.6) is 0 Å². The molecule has 0 bridgehead atoms. The van der Waals surface area contributed by atoms with Crippen molar-refractivity contribution in [1.29, 1.82) is 0 Å². The van der Waals surface area contributed by atoms with Gasteiger partial charge in [0.2, 0.25) is 0 Å². The van der Waals surface area contributed by atoms with E-state index in [1.165, 1.54) is 11.3 Å². The maximum absolute atomic E-state index is 12.2. The van der Waals surface area contributed by atoms with Crippen LogP contribution in [0.2, 0.25) is 0 Å². The number of hydrogen-bond donors (Lipinski definition) is 1.